The summed E-state index contributed by atoms with van der Waals surface area (Å²) in [5.41, 5.74) is 0.715. The molecule has 1 saturated heterocycles. The van der Waals surface area contributed by atoms with Gasteiger partial charge in [0.15, 0.2) is 0 Å². The zero-order chi connectivity index (χ0) is 14.8. The zero-order valence-corrected chi connectivity index (χ0v) is 11.9. The molecule has 5 heteroatoms. The molecule has 21 heavy (non-hydrogen) atoms. The summed E-state index contributed by atoms with van der Waals surface area (Å²) in [6.07, 6.45) is 2.34. The molecule has 0 bridgehead atoms. The summed E-state index contributed by atoms with van der Waals surface area (Å²) in [7, 11) is 1.56. The highest BCUT2D eigenvalue weighted by Gasteiger charge is 2.19. The van der Waals surface area contributed by atoms with Gasteiger partial charge in [-0.2, -0.15) is 0 Å². The molecule has 0 saturated carbocycles. The van der Waals surface area contributed by atoms with E-state index in [2.05, 4.69) is 0 Å². The maximum absolute atomic E-state index is 12.3. The molecule has 1 aliphatic rings. The number of carbonyl (C=O) groups excluding carboxylic acids is 1. The fraction of sp³-hybridized carbons (Fsp3) is 0.375. The Kier molecular flexibility index (Phi) is 3.64. The van der Waals surface area contributed by atoms with Crippen LogP contribution in [0.3, 0.4) is 0 Å². The molecule has 0 radical (unpaired) electrons. The molecule has 2 heterocycles. The molecule has 5 nitrogen and oxygen atoms in total. The minimum atomic E-state index is -0.444. The number of likely N-dealkylation sites (tertiary alicyclic amines) is 1. The van der Waals surface area contributed by atoms with Crippen molar-refractivity contribution in [2.75, 3.05) is 20.2 Å². The molecule has 0 atom stereocenters. The molecule has 0 aliphatic carbocycles. The lowest BCUT2D eigenvalue weighted by atomic mass is 10.1. The van der Waals surface area contributed by atoms with Crippen LogP contribution in [0.15, 0.2) is 33.5 Å². The number of hydrogen-bond acceptors (Lipinski definition) is 4. The number of ether oxygens (including phenoxy) is 1. The van der Waals surface area contributed by atoms with E-state index in [9.17, 15) is 9.59 Å². The van der Waals surface area contributed by atoms with Crippen LogP contribution in [0.25, 0.3) is 11.0 Å². The van der Waals surface area contributed by atoms with E-state index >= 15 is 0 Å². The van der Waals surface area contributed by atoms with Gasteiger partial charge in [-0.3, -0.25) is 4.79 Å². The van der Waals surface area contributed by atoms with Crippen LogP contribution in [-0.2, 0) is 11.2 Å². The van der Waals surface area contributed by atoms with Crippen LogP contribution in [0.4, 0.5) is 0 Å². The number of rotatable bonds is 3. The molecule has 110 valence electrons. The molecule has 1 aromatic heterocycles. The Morgan fingerprint density at radius 1 is 1.29 bits per heavy atom. The molecule has 1 aromatic carbocycles. The van der Waals surface area contributed by atoms with Crippen LogP contribution >= 0.6 is 0 Å². The number of amides is 1. The second-order valence-corrected chi connectivity index (χ2v) is 5.22. The van der Waals surface area contributed by atoms with Crippen LogP contribution in [0.1, 0.15) is 18.4 Å². The lowest BCUT2D eigenvalue weighted by Crippen LogP contribution is -2.29. The van der Waals surface area contributed by atoms with Gasteiger partial charge in [-0.15, -0.1) is 0 Å². The molecular weight excluding hydrogens is 270 g/mol. The maximum Gasteiger partial charge on any atom is 0.336 e. The Bertz CT molecular complexity index is 729. The lowest BCUT2D eigenvalue weighted by Gasteiger charge is -2.15. The monoisotopic (exact) mass is 287 g/mol. The molecule has 1 fully saturated rings. The Hall–Kier alpha value is -2.30. The molecular formula is C16H17NO4. The summed E-state index contributed by atoms with van der Waals surface area (Å²) in [6, 6.07) is 6.69. The molecule has 0 spiro atoms. The van der Waals surface area contributed by atoms with Gasteiger partial charge in [0.1, 0.15) is 11.3 Å². The van der Waals surface area contributed by atoms with Gasteiger partial charge in [0.2, 0.25) is 5.91 Å². The third-order valence-electron chi connectivity index (χ3n) is 3.84. The van der Waals surface area contributed by atoms with E-state index < -0.39 is 5.63 Å². The van der Waals surface area contributed by atoms with Crippen molar-refractivity contribution in [2.24, 2.45) is 0 Å². The molecule has 2 aromatic rings. The van der Waals surface area contributed by atoms with Crippen molar-refractivity contribution in [3.05, 3.63) is 40.2 Å². The highest BCUT2D eigenvalue weighted by Crippen LogP contribution is 2.23. The van der Waals surface area contributed by atoms with Gasteiger partial charge >= 0.3 is 5.63 Å². The first-order valence-electron chi connectivity index (χ1n) is 7.06. The standard InChI is InChI=1S/C16H17NO4/c1-20-12-4-5-13-11(9-16(19)21-14(13)10-12)8-15(18)17-6-2-3-7-17/h4-5,9-10H,2-3,6-8H2,1H3. The minimum Gasteiger partial charge on any atom is -0.497 e. The topological polar surface area (TPSA) is 59.8 Å². The van der Waals surface area contributed by atoms with Gasteiger partial charge in [-0.05, 0) is 30.5 Å². The van der Waals surface area contributed by atoms with Crippen LogP contribution < -0.4 is 10.4 Å². The summed E-state index contributed by atoms with van der Waals surface area (Å²) in [5, 5.41) is 0.781. The predicted molar refractivity (Wildman–Crippen MR) is 78.6 cm³/mol. The fourth-order valence-corrected chi connectivity index (χ4v) is 2.72. The van der Waals surface area contributed by atoms with Gasteiger partial charge < -0.3 is 14.1 Å². The van der Waals surface area contributed by atoms with E-state index in [4.69, 9.17) is 9.15 Å². The first-order valence-corrected chi connectivity index (χ1v) is 7.06. The van der Waals surface area contributed by atoms with Crippen molar-refractivity contribution in [1.82, 2.24) is 4.90 Å². The summed E-state index contributed by atoms with van der Waals surface area (Å²) >= 11 is 0. The number of carbonyl (C=O) groups is 1. The van der Waals surface area contributed by atoms with Gasteiger partial charge in [-0.25, -0.2) is 4.79 Å². The molecule has 1 amide bonds. The van der Waals surface area contributed by atoms with E-state index in [0.29, 0.717) is 16.9 Å². The van der Waals surface area contributed by atoms with Crippen molar-refractivity contribution in [3.8, 4) is 5.75 Å². The number of nitrogens with zero attached hydrogens (tertiary/aromatic N) is 1. The predicted octanol–water partition coefficient (Wildman–Crippen LogP) is 1.97. The van der Waals surface area contributed by atoms with Gasteiger partial charge in [0, 0.05) is 30.6 Å². The van der Waals surface area contributed by atoms with Crippen molar-refractivity contribution >= 4 is 16.9 Å². The number of hydrogen-bond donors (Lipinski definition) is 0. The molecule has 0 N–H and O–H groups in total. The van der Waals surface area contributed by atoms with E-state index in [1.807, 2.05) is 11.0 Å². The Labute approximate surface area is 122 Å². The summed E-state index contributed by atoms with van der Waals surface area (Å²) in [4.78, 5) is 25.8. The van der Waals surface area contributed by atoms with Crippen LogP contribution in [0.5, 0.6) is 5.75 Å². The second kappa shape index (κ2) is 5.60. The summed E-state index contributed by atoms with van der Waals surface area (Å²) in [6.45, 7) is 1.62. The Morgan fingerprint density at radius 3 is 2.76 bits per heavy atom. The minimum absolute atomic E-state index is 0.0650. The molecule has 3 rings (SSSR count). The largest absolute Gasteiger partial charge is 0.497 e. The van der Waals surface area contributed by atoms with Crippen molar-refractivity contribution in [1.29, 1.82) is 0 Å². The normalized spacial score (nSPS) is 14.6. The van der Waals surface area contributed by atoms with Gasteiger partial charge in [-0.1, -0.05) is 0 Å². The smallest absolute Gasteiger partial charge is 0.336 e. The van der Waals surface area contributed by atoms with E-state index in [-0.39, 0.29) is 12.3 Å². The van der Waals surface area contributed by atoms with Crippen molar-refractivity contribution < 1.29 is 13.9 Å². The lowest BCUT2D eigenvalue weighted by molar-refractivity contribution is -0.129. The summed E-state index contributed by atoms with van der Waals surface area (Å²) < 4.78 is 10.3. The third kappa shape index (κ3) is 2.77. The quantitative estimate of drug-likeness (QED) is 0.810. The zero-order valence-electron chi connectivity index (χ0n) is 11.9. The van der Waals surface area contributed by atoms with Crippen molar-refractivity contribution in [2.45, 2.75) is 19.3 Å². The average molecular weight is 287 g/mol. The first-order chi connectivity index (χ1) is 10.2. The van der Waals surface area contributed by atoms with Crippen LogP contribution in [0, 0.1) is 0 Å². The summed E-state index contributed by atoms with van der Waals surface area (Å²) in [5.74, 6) is 0.684. The average Bonchev–Trinajstić information content (AvgIpc) is 3.00. The van der Waals surface area contributed by atoms with Crippen LogP contribution in [0.2, 0.25) is 0 Å². The van der Waals surface area contributed by atoms with E-state index in [1.165, 1.54) is 6.07 Å². The number of benzene rings is 1. The van der Waals surface area contributed by atoms with Gasteiger partial charge in [0.05, 0.1) is 13.5 Å². The fourth-order valence-electron chi connectivity index (χ4n) is 2.72. The highest BCUT2D eigenvalue weighted by molar-refractivity contribution is 5.87. The molecule has 1 aliphatic heterocycles. The first kappa shape index (κ1) is 13.7. The maximum atomic E-state index is 12.3. The second-order valence-electron chi connectivity index (χ2n) is 5.22. The Morgan fingerprint density at radius 2 is 2.05 bits per heavy atom. The number of methoxy groups -OCH3 is 1. The highest BCUT2D eigenvalue weighted by atomic mass is 16.5. The molecule has 0 unspecified atom stereocenters. The van der Waals surface area contributed by atoms with E-state index in [0.717, 1.165) is 31.3 Å². The van der Waals surface area contributed by atoms with E-state index in [1.54, 1.807) is 19.2 Å². The Balaban J connectivity index is 1.97. The number of fused-ring (bicyclic) bond motifs is 1. The van der Waals surface area contributed by atoms with Gasteiger partial charge in [0.25, 0.3) is 0 Å². The van der Waals surface area contributed by atoms with Crippen LogP contribution in [-0.4, -0.2) is 31.0 Å². The SMILES string of the molecule is COc1ccc2c(CC(=O)N3CCCC3)cc(=O)oc2c1. The van der Waals surface area contributed by atoms with Crippen molar-refractivity contribution in [3.63, 3.8) is 0 Å². The third-order valence-corrected chi connectivity index (χ3v) is 3.84.